The molecule has 0 radical (unpaired) electrons. The molecule has 1 atom stereocenters. The average Bonchev–Trinajstić information content (AvgIpc) is 3.12. The Morgan fingerprint density at radius 1 is 1.18 bits per heavy atom. The molecule has 7 heteroatoms. The number of aromatic nitrogens is 2. The molecule has 0 aliphatic rings. The first kappa shape index (κ1) is 18.3. The second kappa shape index (κ2) is 7.50. The Balaban J connectivity index is 1.74. The fraction of sp³-hybridized carbons (Fsp3) is 0.0952. The van der Waals surface area contributed by atoms with Crippen molar-refractivity contribution in [3.63, 3.8) is 0 Å². The van der Waals surface area contributed by atoms with Crippen molar-refractivity contribution in [1.82, 2.24) is 10.1 Å². The van der Waals surface area contributed by atoms with E-state index in [4.69, 9.17) is 15.5 Å². The quantitative estimate of drug-likeness (QED) is 0.490. The van der Waals surface area contributed by atoms with Gasteiger partial charge in [-0.1, -0.05) is 45.4 Å². The van der Waals surface area contributed by atoms with Crippen LogP contribution in [0.15, 0.2) is 63.6 Å². The Labute approximate surface area is 168 Å². The second-order valence-corrected chi connectivity index (χ2v) is 7.22. The lowest BCUT2D eigenvalue weighted by atomic mass is 9.94. The number of fused-ring (bicyclic) bond motifs is 1. The summed E-state index contributed by atoms with van der Waals surface area (Å²) in [4.78, 5) is 4.05. The molecule has 4 aromatic rings. The number of hydrogen-bond acceptors (Lipinski definition) is 5. The van der Waals surface area contributed by atoms with E-state index < -0.39 is 11.9 Å². The van der Waals surface area contributed by atoms with Gasteiger partial charge in [-0.25, -0.2) is 9.37 Å². The van der Waals surface area contributed by atoms with Crippen LogP contribution < -0.4 is 5.73 Å². The first-order valence-corrected chi connectivity index (χ1v) is 9.31. The maximum atomic E-state index is 14.1. The molecule has 0 amide bonds. The van der Waals surface area contributed by atoms with Crippen LogP contribution in [0.3, 0.4) is 0 Å². The Hall–Kier alpha value is -3.08. The van der Waals surface area contributed by atoms with Gasteiger partial charge in [-0.3, -0.25) is 0 Å². The highest BCUT2D eigenvalue weighted by Gasteiger charge is 2.19. The standard InChI is InChI=1S/C21H14BrFN4O/c22-12-5-7-16-20(9-12)28-27-21(16)15-4-2-1-3-14(15)18(25)10-19-17(23)8-6-13(11-24)26-19/h1-9,18H,10,25H2. The summed E-state index contributed by atoms with van der Waals surface area (Å²) in [6, 6.07) is 17.2. The molecule has 138 valence electrons. The van der Waals surface area contributed by atoms with Gasteiger partial charge in [0, 0.05) is 27.9 Å². The monoisotopic (exact) mass is 436 g/mol. The van der Waals surface area contributed by atoms with Crippen LogP contribution in [0.25, 0.3) is 22.2 Å². The number of hydrogen-bond donors (Lipinski definition) is 1. The van der Waals surface area contributed by atoms with Crippen LogP contribution in [-0.2, 0) is 6.42 Å². The lowest BCUT2D eigenvalue weighted by molar-refractivity contribution is 0.459. The van der Waals surface area contributed by atoms with Crippen molar-refractivity contribution in [2.45, 2.75) is 12.5 Å². The van der Waals surface area contributed by atoms with Gasteiger partial charge in [0.1, 0.15) is 23.3 Å². The number of halogens is 2. The van der Waals surface area contributed by atoms with E-state index >= 15 is 0 Å². The summed E-state index contributed by atoms with van der Waals surface area (Å²) in [6.07, 6.45) is 0.152. The van der Waals surface area contributed by atoms with Gasteiger partial charge < -0.3 is 10.3 Å². The molecule has 0 aliphatic carbocycles. The molecule has 0 saturated heterocycles. The molecule has 4 rings (SSSR count). The smallest absolute Gasteiger partial charge is 0.168 e. The van der Waals surface area contributed by atoms with Crippen molar-refractivity contribution in [3.05, 3.63) is 81.8 Å². The molecule has 2 aromatic carbocycles. The van der Waals surface area contributed by atoms with Crippen molar-refractivity contribution in [3.8, 4) is 17.3 Å². The van der Waals surface area contributed by atoms with Gasteiger partial charge in [-0.15, -0.1) is 0 Å². The Morgan fingerprint density at radius 2 is 2.00 bits per heavy atom. The largest absolute Gasteiger partial charge is 0.356 e. The molecule has 0 aliphatic heterocycles. The van der Waals surface area contributed by atoms with Crippen LogP contribution in [0, 0.1) is 17.1 Å². The molecule has 0 saturated carbocycles. The van der Waals surface area contributed by atoms with E-state index in [1.54, 1.807) is 0 Å². The summed E-state index contributed by atoms with van der Waals surface area (Å²) in [5, 5.41) is 14.1. The number of nitrogens with two attached hydrogens (primary N) is 1. The maximum Gasteiger partial charge on any atom is 0.168 e. The van der Waals surface area contributed by atoms with Gasteiger partial charge in [0.2, 0.25) is 0 Å². The minimum absolute atomic E-state index is 0.152. The normalized spacial score (nSPS) is 12.1. The summed E-state index contributed by atoms with van der Waals surface area (Å²) >= 11 is 3.42. The Bertz CT molecular complexity index is 1210. The number of pyridine rings is 1. The van der Waals surface area contributed by atoms with E-state index in [-0.39, 0.29) is 17.8 Å². The van der Waals surface area contributed by atoms with Crippen LogP contribution in [0.5, 0.6) is 0 Å². The van der Waals surface area contributed by atoms with Crippen LogP contribution in [0.1, 0.15) is 23.0 Å². The van der Waals surface area contributed by atoms with Crippen LogP contribution in [0.2, 0.25) is 0 Å². The number of nitrogens with zero attached hydrogens (tertiary/aromatic N) is 3. The molecule has 5 nitrogen and oxygen atoms in total. The lowest BCUT2D eigenvalue weighted by Gasteiger charge is -2.16. The number of rotatable bonds is 4. The molecule has 0 bridgehead atoms. The fourth-order valence-corrected chi connectivity index (χ4v) is 3.49. The van der Waals surface area contributed by atoms with E-state index in [1.165, 1.54) is 12.1 Å². The van der Waals surface area contributed by atoms with Crippen molar-refractivity contribution >= 4 is 26.9 Å². The maximum absolute atomic E-state index is 14.1. The molecule has 0 spiro atoms. The van der Waals surface area contributed by atoms with E-state index in [1.807, 2.05) is 48.5 Å². The average molecular weight is 437 g/mol. The van der Waals surface area contributed by atoms with Crippen molar-refractivity contribution in [2.75, 3.05) is 0 Å². The summed E-state index contributed by atoms with van der Waals surface area (Å²) in [7, 11) is 0. The van der Waals surface area contributed by atoms with Crippen molar-refractivity contribution in [1.29, 1.82) is 5.26 Å². The SMILES string of the molecule is N#Cc1ccc(F)c(CC(N)c2ccccc2-c2noc3cc(Br)ccc23)n1. The zero-order valence-corrected chi connectivity index (χ0v) is 16.1. The van der Waals surface area contributed by atoms with Crippen LogP contribution in [0.4, 0.5) is 4.39 Å². The number of nitriles is 1. The van der Waals surface area contributed by atoms with Gasteiger partial charge in [0.15, 0.2) is 5.58 Å². The zero-order chi connectivity index (χ0) is 19.7. The Kier molecular flexibility index (Phi) is 4.90. The molecule has 2 heterocycles. The summed E-state index contributed by atoms with van der Waals surface area (Å²) < 4.78 is 20.5. The molecule has 1 unspecified atom stereocenters. The first-order valence-electron chi connectivity index (χ1n) is 8.52. The highest BCUT2D eigenvalue weighted by atomic mass is 79.9. The lowest BCUT2D eigenvalue weighted by Crippen LogP contribution is -2.16. The molecule has 2 aromatic heterocycles. The van der Waals surface area contributed by atoms with Gasteiger partial charge in [0.05, 0.1) is 5.69 Å². The summed E-state index contributed by atoms with van der Waals surface area (Å²) in [5.41, 5.74) is 9.66. The topological polar surface area (TPSA) is 88.7 Å². The third-order valence-corrected chi connectivity index (χ3v) is 4.99. The van der Waals surface area contributed by atoms with E-state index in [2.05, 4.69) is 26.1 Å². The molecular weight excluding hydrogens is 423 g/mol. The second-order valence-electron chi connectivity index (χ2n) is 6.31. The summed E-state index contributed by atoms with van der Waals surface area (Å²) in [6.45, 7) is 0. The highest BCUT2D eigenvalue weighted by Crippen LogP contribution is 2.34. The van der Waals surface area contributed by atoms with E-state index in [0.717, 1.165) is 21.0 Å². The fourth-order valence-electron chi connectivity index (χ4n) is 3.15. The zero-order valence-electron chi connectivity index (χ0n) is 14.6. The van der Waals surface area contributed by atoms with Gasteiger partial charge >= 0.3 is 0 Å². The first-order chi connectivity index (χ1) is 13.6. The van der Waals surface area contributed by atoms with Crippen molar-refractivity contribution in [2.24, 2.45) is 5.73 Å². The van der Waals surface area contributed by atoms with Gasteiger partial charge in [0.25, 0.3) is 0 Å². The molecular formula is C21H14BrFN4O. The highest BCUT2D eigenvalue weighted by molar-refractivity contribution is 9.10. The van der Waals surface area contributed by atoms with Crippen LogP contribution >= 0.6 is 15.9 Å². The predicted octanol–water partition coefficient (Wildman–Crippen LogP) is 4.91. The van der Waals surface area contributed by atoms with Gasteiger partial charge in [-0.05, 0) is 35.9 Å². The molecule has 28 heavy (non-hydrogen) atoms. The third kappa shape index (κ3) is 3.40. The molecule has 0 fully saturated rings. The summed E-state index contributed by atoms with van der Waals surface area (Å²) in [5.74, 6) is -0.483. The van der Waals surface area contributed by atoms with Gasteiger partial charge in [-0.2, -0.15) is 5.26 Å². The van der Waals surface area contributed by atoms with E-state index in [0.29, 0.717) is 11.3 Å². The van der Waals surface area contributed by atoms with E-state index in [9.17, 15) is 4.39 Å². The van der Waals surface area contributed by atoms with Crippen molar-refractivity contribution < 1.29 is 8.91 Å². The Morgan fingerprint density at radius 3 is 2.82 bits per heavy atom. The number of benzene rings is 2. The third-order valence-electron chi connectivity index (χ3n) is 4.50. The molecule has 2 N–H and O–H groups in total. The predicted molar refractivity (Wildman–Crippen MR) is 107 cm³/mol. The van der Waals surface area contributed by atoms with Crippen LogP contribution in [-0.4, -0.2) is 10.1 Å². The minimum Gasteiger partial charge on any atom is -0.356 e. The minimum atomic E-state index is -0.533.